The van der Waals surface area contributed by atoms with Crippen molar-refractivity contribution in [3.05, 3.63) is 11.1 Å². The van der Waals surface area contributed by atoms with Crippen LogP contribution in [0.2, 0.25) is 0 Å². The van der Waals surface area contributed by atoms with Crippen LogP contribution in [0.1, 0.15) is 44.2 Å². The van der Waals surface area contributed by atoms with E-state index in [2.05, 4.69) is 15.0 Å². The lowest BCUT2D eigenvalue weighted by Crippen LogP contribution is -2.35. The molecule has 1 aliphatic carbocycles. The van der Waals surface area contributed by atoms with Gasteiger partial charge in [-0.15, -0.1) is 11.3 Å². The van der Waals surface area contributed by atoms with Gasteiger partial charge in [0.25, 0.3) is 0 Å². The maximum Gasteiger partial charge on any atom is 0.231 e. The first-order valence-corrected chi connectivity index (χ1v) is 9.91. The summed E-state index contributed by atoms with van der Waals surface area (Å²) in [5, 5.41) is 5.06. The Labute approximate surface area is 129 Å². The number of nitrogens with zero attached hydrogens (tertiary/aromatic N) is 1. The van der Waals surface area contributed by atoms with Gasteiger partial charge in [0.2, 0.25) is 15.9 Å². The predicted octanol–water partition coefficient (Wildman–Crippen LogP) is 1.90. The second kappa shape index (κ2) is 7.22. The van der Waals surface area contributed by atoms with E-state index in [1.165, 1.54) is 37.0 Å². The van der Waals surface area contributed by atoms with Crippen molar-refractivity contribution in [3.8, 4) is 0 Å². The standard InChI is InChI=1S/C13H21N3O3S2/c1-21(18,19)16-13-15-11(9-20-13)8-12(17)14-10-6-4-2-3-5-7-10/h9-10H,2-8H2,1H3,(H,14,17)(H,15,16). The van der Waals surface area contributed by atoms with Gasteiger partial charge < -0.3 is 5.32 Å². The largest absolute Gasteiger partial charge is 0.353 e. The van der Waals surface area contributed by atoms with E-state index < -0.39 is 10.0 Å². The number of anilines is 1. The molecule has 0 atom stereocenters. The molecule has 118 valence electrons. The van der Waals surface area contributed by atoms with E-state index >= 15 is 0 Å². The molecule has 21 heavy (non-hydrogen) atoms. The van der Waals surface area contributed by atoms with Gasteiger partial charge in [-0.2, -0.15) is 0 Å². The topological polar surface area (TPSA) is 88.2 Å². The highest BCUT2D eigenvalue weighted by atomic mass is 32.2. The second-order valence-corrected chi connectivity index (χ2v) is 8.06. The molecule has 0 bridgehead atoms. The molecule has 1 amide bonds. The van der Waals surface area contributed by atoms with Crippen LogP contribution >= 0.6 is 11.3 Å². The van der Waals surface area contributed by atoms with Crippen LogP contribution in [-0.4, -0.2) is 31.6 Å². The number of hydrogen-bond donors (Lipinski definition) is 2. The van der Waals surface area contributed by atoms with Gasteiger partial charge in [-0.25, -0.2) is 13.4 Å². The minimum Gasteiger partial charge on any atom is -0.353 e. The molecule has 0 aliphatic heterocycles. The Morgan fingerprint density at radius 1 is 1.33 bits per heavy atom. The third kappa shape index (κ3) is 6.01. The number of sulfonamides is 1. The predicted molar refractivity (Wildman–Crippen MR) is 83.9 cm³/mol. The summed E-state index contributed by atoms with van der Waals surface area (Å²) >= 11 is 1.19. The molecule has 0 unspecified atom stereocenters. The molecule has 0 aromatic carbocycles. The summed E-state index contributed by atoms with van der Waals surface area (Å²) in [7, 11) is -3.32. The SMILES string of the molecule is CS(=O)(=O)Nc1nc(CC(=O)NC2CCCCCC2)cs1. The van der Waals surface area contributed by atoms with Crippen LogP contribution in [0, 0.1) is 0 Å². The van der Waals surface area contributed by atoms with Crippen LogP contribution < -0.4 is 10.0 Å². The molecule has 1 aromatic rings. The van der Waals surface area contributed by atoms with E-state index in [4.69, 9.17) is 0 Å². The van der Waals surface area contributed by atoms with Crippen molar-refractivity contribution in [1.82, 2.24) is 10.3 Å². The summed E-state index contributed by atoms with van der Waals surface area (Å²) in [4.78, 5) is 16.1. The Morgan fingerprint density at radius 3 is 2.62 bits per heavy atom. The Bertz CT molecular complexity index is 575. The van der Waals surface area contributed by atoms with E-state index in [0.717, 1.165) is 19.1 Å². The summed E-state index contributed by atoms with van der Waals surface area (Å²) in [6.45, 7) is 0. The molecule has 0 radical (unpaired) electrons. The fraction of sp³-hybridized carbons (Fsp3) is 0.692. The van der Waals surface area contributed by atoms with E-state index in [-0.39, 0.29) is 18.4 Å². The molecular formula is C13H21N3O3S2. The van der Waals surface area contributed by atoms with Crippen molar-refractivity contribution in [2.45, 2.75) is 51.0 Å². The normalized spacial score (nSPS) is 17.2. The summed E-state index contributed by atoms with van der Waals surface area (Å²) in [5.41, 5.74) is 0.595. The van der Waals surface area contributed by atoms with Crippen LogP contribution in [0.25, 0.3) is 0 Å². The molecule has 1 saturated carbocycles. The van der Waals surface area contributed by atoms with E-state index in [1.807, 2.05) is 0 Å². The Morgan fingerprint density at radius 2 is 2.00 bits per heavy atom. The zero-order valence-corrected chi connectivity index (χ0v) is 13.7. The number of hydrogen-bond acceptors (Lipinski definition) is 5. The molecule has 1 aromatic heterocycles. The van der Waals surface area contributed by atoms with Gasteiger partial charge in [0.15, 0.2) is 5.13 Å². The van der Waals surface area contributed by atoms with E-state index in [1.54, 1.807) is 5.38 Å². The third-order valence-corrected chi connectivity index (χ3v) is 4.89. The Hall–Kier alpha value is -1.15. The van der Waals surface area contributed by atoms with Gasteiger partial charge in [-0.3, -0.25) is 9.52 Å². The second-order valence-electron chi connectivity index (χ2n) is 5.45. The highest BCUT2D eigenvalue weighted by molar-refractivity contribution is 7.92. The van der Waals surface area contributed by atoms with Gasteiger partial charge >= 0.3 is 0 Å². The smallest absolute Gasteiger partial charge is 0.231 e. The van der Waals surface area contributed by atoms with Crippen molar-refractivity contribution in [2.24, 2.45) is 0 Å². The summed E-state index contributed by atoms with van der Waals surface area (Å²) in [5.74, 6) is -0.0434. The molecule has 8 heteroatoms. The number of rotatable bonds is 5. The monoisotopic (exact) mass is 331 g/mol. The van der Waals surface area contributed by atoms with Gasteiger partial charge in [0.1, 0.15) is 0 Å². The van der Waals surface area contributed by atoms with Crippen molar-refractivity contribution in [3.63, 3.8) is 0 Å². The van der Waals surface area contributed by atoms with Gasteiger partial charge in [0, 0.05) is 11.4 Å². The van der Waals surface area contributed by atoms with Crippen LogP contribution in [0.3, 0.4) is 0 Å². The molecular weight excluding hydrogens is 310 g/mol. The number of thiazole rings is 1. The van der Waals surface area contributed by atoms with Gasteiger partial charge in [-0.05, 0) is 12.8 Å². The number of carbonyl (C=O) groups is 1. The number of nitrogens with one attached hydrogen (secondary N) is 2. The maximum absolute atomic E-state index is 12.0. The maximum atomic E-state index is 12.0. The van der Waals surface area contributed by atoms with Crippen molar-refractivity contribution in [2.75, 3.05) is 11.0 Å². The lowest BCUT2D eigenvalue weighted by molar-refractivity contribution is -0.121. The van der Waals surface area contributed by atoms with E-state index in [9.17, 15) is 13.2 Å². The molecule has 2 rings (SSSR count). The van der Waals surface area contributed by atoms with Gasteiger partial charge in [0.05, 0.1) is 18.4 Å². The molecule has 1 fully saturated rings. The van der Waals surface area contributed by atoms with Crippen molar-refractivity contribution < 1.29 is 13.2 Å². The fourth-order valence-corrected chi connectivity index (χ4v) is 4.02. The molecule has 2 N–H and O–H groups in total. The minimum absolute atomic E-state index is 0.0434. The van der Waals surface area contributed by atoms with Crippen LogP contribution in [-0.2, 0) is 21.2 Å². The Balaban J connectivity index is 1.84. The first kappa shape index (κ1) is 16.2. The average molecular weight is 331 g/mol. The highest BCUT2D eigenvalue weighted by Crippen LogP contribution is 2.19. The molecule has 1 heterocycles. The quantitative estimate of drug-likeness (QED) is 0.807. The summed E-state index contributed by atoms with van der Waals surface area (Å²) in [6, 6.07) is 0.271. The zero-order valence-electron chi connectivity index (χ0n) is 12.1. The van der Waals surface area contributed by atoms with Crippen molar-refractivity contribution >= 4 is 32.4 Å². The summed E-state index contributed by atoms with van der Waals surface area (Å²) < 4.78 is 24.5. The summed E-state index contributed by atoms with van der Waals surface area (Å²) in [6.07, 6.45) is 8.20. The third-order valence-electron chi connectivity index (χ3n) is 3.39. The first-order chi connectivity index (χ1) is 9.92. The lowest BCUT2D eigenvalue weighted by atomic mass is 10.1. The fourth-order valence-electron chi connectivity index (χ4n) is 2.46. The van der Waals surface area contributed by atoms with Gasteiger partial charge in [-0.1, -0.05) is 25.7 Å². The van der Waals surface area contributed by atoms with Crippen LogP contribution in [0.15, 0.2) is 5.38 Å². The molecule has 6 nitrogen and oxygen atoms in total. The molecule has 0 spiro atoms. The number of aromatic nitrogens is 1. The van der Waals surface area contributed by atoms with Crippen LogP contribution in [0.4, 0.5) is 5.13 Å². The first-order valence-electron chi connectivity index (χ1n) is 7.14. The molecule has 1 aliphatic rings. The van der Waals surface area contributed by atoms with Crippen molar-refractivity contribution in [1.29, 1.82) is 0 Å². The number of amides is 1. The van der Waals surface area contributed by atoms with E-state index in [0.29, 0.717) is 10.8 Å². The molecule has 0 saturated heterocycles. The zero-order chi connectivity index (χ0) is 15.3. The Kier molecular flexibility index (Phi) is 5.58. The number of carbonyl (C=O) groups excluding carboxylic acids is 1. The van der Waals surface area contributed by atoms with Crippen LogP contribution in [0.5, 0.6) is 0 Å². The minimum atomic E-state index is -3.32. The highest BCUT2D eigenvalue weighted by Gasteiger charge is 2.16. The average Bonchev–Trinajstić information content (AvgIpc) is 2.62. The lowest BCUT2D eigenvalue weighted by Gasteiger charge is -2.15.